The normalized spacial score (nSPS) is 26.3. The van der Waals surface area contributed by atoms with Crippen molar-refractivity contribution in [3.63, 3.8) is 0 Å². The first-order valence-corrected chi connectivity index (χ1v) is 7.94. The van der Waals surface area contributed by atoms with Crippen LogP contribution >= 0.6 is 0 Å². The van der Waals surface area contributed by atoms with E-state index in [9.17, 15) is 0 Å². The highest BCUT2D eigenvalue weighted by Crippen LogP contribution is 2.17. The lowest BCUT2D eigenvalue weighted by Gasteiger charge is -2.36. The van der Waals surface area contributed by atoms with Crippen LogP contribution in [0.1, 0.15) is 39.0 Å². The van der Waals surface area contributed by atoms with Gasteiger partial charge in [0.05, 0.1) is 0 Å². The van der Waals surface area contributed by atoms with Crippen LogP contribution in [0.25, 0.3) is 0 Å². The van der Waals surface area contributed by atoms with Gasteiger partial charge in [-0.2, -0.15) is 0 Å². The summed E-state index contributed by atoms with van der Waals surface area (Å²) in [6.45, 7) is 11.5. The van der Waals surface area contributed by atoms with E-state index in [0.717, 1.165) is 6.04 Å². The van der Waals surface area contributed by atoms with Crippen molar-refractivity contribution in [2.75, 3.05) is 52.9 Å². The molecule has 0 amide bonds. The largest absolute Gasteiger partial charge is 0.306 e. The number of rotatable bonds is 4. The van der Waals surface area contributed by atoms with Gasteiger partial charge in [-0.3, -0.25) is 4.90 Å². The lowest BCUT2D eigenvalue weighted by Crippen LogP contribution is -2.45. The molecule has 2 rings (SSSR count). The molecule has 2 aliphatic rings. The highest BCUT2D eigenvalue weighted by Gasteiger charge is 2.24. The molecule has 0 spiro atoms. The van der Waals surface area contributed by atoms with Gasteiger partial charge in [-0.1, -0.05) is 13.3 Å². The molecule has 18 heavy (non-hydrogen) atoms. The van der Waals surface area contributed by atoms with Crippen molar-refractivity contribution >= 4 is 0 Å². The predicted octanol–water partition coefficient (Wildman–Crippen LogP) is 1.89. The third kappa shape index (κ3) is 4.22. The zero-order chi connectivity index (χ0) is 12.8. The summed E-state index contributed by atoms with van der Waals surface area (Å²) in [5.74, 6) is 0. The quantitative estimate of drug-likeness (QED) is 0.757. The Morgan fingerprint density at radius 1 is 0.944 bits per heavy atom. The third-order valence-electron chi connectivity index (χ3n) is 4.66. The Hall–Kier alpha value is -0.120. The zero-order valence-electron chi connectivity index (χ0n) is 12.4. The van der Waals surface area contributed by atoms with E-state index in [1.165, 1.54) is 77.9 Å². The van der Waals surface area contributed by atoms with E-state index < -0.39 is 0 Å². The lowest BCUT2D eigenvalue weighted by molar-refractivity contribution is 0.123. The van der Waals surface area contributed by atoms with Gasteiger partial charge in [0, 0.05) is 19.1 Å². The smallest absolute Gasteiger partial charge is 0.0120 e. The predicted molar refractivity (Wildman–Crippen MR) is 78.1 cm³/mol. The van der Waals surface area contributed by atoms with Gasteiger partial charge >= 0.3 is 0 Å². The van der Waals surface area contributed by atoms with Gasteiger partial charge in [0.2, 0.25) is 0 Å². The molecule has 0 bridgehead atoms. The second kappa shape index (κ2) is 7.46. The van der Waals surface area contributed by atoms with E-state index in [1.807, 2.05) is 0 Å². The van der Waals surface area contributed by atoms with Gasteiger partial charge in [-0.15, -0.1) is 0 Å². The number of likely N-dealkylation sites (tertiary alicyclic amines) is 1. The minimum atomic E-state index is 0.868. The Balaban J connectivity index is 1.74. The summed E-state index contributed by atoms with van der Waals surface area (Å²) >= 11 is 0. The molecule has 2 fully saturated rings. The van der Waals surface area contributed by atoms with E-state index in [2.05, 4.69) is 28.7 Å². The molecule has 0 aromatic rings. The highest BCUT2D eigenvalue weighted by molar-refractivity contribution is 4.81. The van der Waals surface area contributed by atoms with E-state index in [1.54, 1.807) is 0 Å². The van der Waals surface area contributed by atoms with Crippen molar-refractivity contribution in [1.82, 2.24) is 14.7 Å². The second-order valence-electron chi connectivity index (χ2n) is 6.12. The number of nitrogens with zero attached hydrogens (tertiary/aromatic N) is 3. The molecule has 106 valence electrons. The first-order valence-electron chi connectivity index (χ1n) is 7.94. The molecule has 3 heteroatoms. The number of hydrogen-bond donors (Lipinski definition) is 0. The lowest BCUT2D eigenvalue weighted by atomic mass is 10.0. The van der Waals surface area contributed by atoms with Crippen LogP contribution in [0, 0.1) is 0 Å². The minimum Gasteiger partial charge on any atom is -0.306 e. The van der Waals surface area contributed by atoms with Crippen LogP contribution in [0.2, 0.25) is 0 Å². The molecule has 0 atom stereocenters. The van der Waals surface area contributed by atoms with Crippen molar-refractivity contribution < 1.29 is 0 Å². The third-order valence-corrected chi connectivity index (χ3v) is 4.66. The molecular weight excluding hydrogens is 222 g/mol. The maximum Gasteiger partial charge on any atom is 0.0120 e. The van der Waals surface area contributed by atoms with Crippen LogP contribution in [0.3, 0.4) is 0 Å². The molecule has 0 aliphatic carbocycles. The second-order valence-corrected chi connectivity index (χ2v) is 6.12. The van der Waals surface area contributed by atoms with Crippen LogP contribution in [0.4, 0.5) is 0 Å². The monoisotopic (exact) mass is 253 g/mol. The summed E-state index contributed by atoms with van der Waals surface area (Å²) in [6.07, 6.45) is 6.83. The van der Waals surface area contributed by atoms with Crippen LogP contribution in [-0.2, 0) is 0 Å². The van der Waals surface area contributed by atoms with Crippen LogP contribution in [0.5, 0.6) is 0 Å². The fourth-order valence-electron chi connectivity index (χ4n) is 3.32. The SMILES string of the molecule is CCCCN1CCCN(C2CCN(C)CC2)CC1. The maximum absolute atomic E-state index is 2.78. The average molecular weight is 253 g/mol. The molecule has 0 N–H and O–H groups in total. The summed E-state index contributed by atoms with van der Waals surface area (Å²) in [7, 11) is 2.26. The van der Waals surface area contributed by atoms with Crippen molar-refractivity contribution in [3.8, 4) is 0 Å². The van der Waals surface area contributed by atoms with E-state index in [0.29, 0.717) is 0 Å². The van der Waals surface area contributed by atoms with E-state index >= 15 is 0 Å². The average Bonchev–Trinajstić information content (AvgIpc) is 2.63. The van der Waals surface area contributed by atoms with Crippen molar-refractivity contribution in [2.45, 2.75) is 45.1 Å². The molecule has 0 aromatic heterocycles. The Kier molecular flexibility index (Phi) is 5.93. The molecule has 2 aliphatic heterocycles. The number of unbranched alkanes of at least 4 members (excludes halogenated alkanes) is 1. The van der Waals surface area contributed by atoms with Crippen LogP contribution in [0.15, 0.2) is 0 Å². The summed E-state index contributed by atoms with van der Waals surface area (Å²) in [4.78, 5) is 7.93. The number of hydrogen-bond acceptors (Lipinski definition) is 3. The Morgan fingerprint density at radius 2 is 1.72 bits per heavy atom. The molecular formula is C15H31N3. The number of piperidine rings is 1. The van der Waals surface area contributed by atoms with Crippen molar-refractivity contribution in [3.05, 3.63) is 0 Å². The summed E-state index contributed by atoms with van der Waals surface area (Å²) in [5.41, 5.74) is 0. The fraction of sp³-hybridized carbons (Fsp3) is 1.00. The first kappa shape index (κ1) is 14.3. The minimum absolute atomic E-state index is 0.868. The van der Waals surface area contributed by atoms with Crippen LogP contribution < -0.4 is 0 Å². The fourth-order valence-corrected chi connectivity index (χ4v) is 3.32. The Labute approximate surface area is 113 Å². The van der Waals surface area contributed by atoms with Crippen molar-refractivity contribution in [1.29, 1.82) is 0 Å². The van der Waals surface area contributed by atoms with Crippen LogP contribution in [-0.4, -0.2) is 73.6 Å². The molecule has 0 unspecified atom stereocenters. The van der Waals surface area contributed by atoms with E-state index in [4.69, 9.17) is 0 Å². The molecule has 2 saturated heterocycles. The Morgan fingerprint density at radius 3 is 2.44 bits per heavy atom. The van der Waals surface area contributed by atoms with Crippen molar-refractivity contribution in [2.24, 2.45) is 0 Å². The molecule has 3 nitrogen and oxygen atoms in total. The zero-order valence-corrected chi connectivity index (χ0v) is 12.4. The molecule has 0 radical (unpaired) electrons. The summed E-state index contributed by atoms with van der Waals surface area (Å²) in [5, 5.41) is 0. The van der Waals surface area contributed by atoms with Gasteiger partial charge in [-0.05, 0) is 65.5 Å². The Bertz CT molecular complexity index is 224. The first-order chi connectivity index (χ1) is 8.79. The molecule has 0 saturated carbocycles. The standard InChI is InChI=1S/C15H31N3/c1-3-4-8-17-9-5-10-18(14-13-17)15-6-11-16(2)12-7-15/h15H,3-14H2,1-2H3. The molecule has 2 heterocycles. The highest BCUT2D eigenvalue weighted by atomic mass is 15.2. The maximum atomic E-state index is 2.78. The summed E-state index contributed by atoms with van der Waals surface area (Å²) < 4.78 is 0. The molecule has 0 aromatic carbocycles. The van der Waals surface area contributed by atoms with E-state index in [-0.39, 0.29) is 0 Å². The van der Waals surface area contributed by atoms with Gasteiger partial charge in [0.25, 0.3) is 0 Å². The van der Waals surface area contributed by atoms with Gasteiger partial charge in [-0.25, -0.2) is 0 Å². The topological polar surface area (TPSA) is 9.72 Å². The van der Waals surface area contributed by atoms with Gasteiger partial charge < -0.3 is 9.80 Å². The van der Waals surface area contributed by atoms with Gasteiger partial charge in [0.1, 0.15) is 0 Å². The summed E-state index contributed by atoms with van der Waals surface area (Å²) in [6, 6.07) is 0.868. The van der Waals surface area contributed by atoms with Gasteiger partial charge in [0.15, 0.2) is 0 Å².